The lowest BCUT2D eigenvalue weighted by atomic mass is 10.2. The lowest BCUT2D eigenvalue weighted by Crippen LogP contribution is -2.17. The lowest BCUT2D eigenvalue weighted by molar-refractivity contribution is -0.0177. The van der Waals surface area contributed by atoms with Crippen LogP contribution in [0.25, 0.3) is 0 Å². The zero-order valence-corrected chi connectivity index (χ0v) is 9.59. The SMILES string of the molecule is C[C@H](COC[C@@H]1CO1)OCc1ccccc1. The topological polar surface area (TPSA) is 31.0 Å². The second-order valence-electron chi connectivity index (χ2n) is 4.10. The largest absolute Gasteiger partial charge is 0.376 e. The fourth-order valence-corrected chi connectivity index (χ4v) is 1.39. The number of hydrogen-bond acceptors (Lipinski definition) is 3. The molecule has 2 rings (SSSR count). The minimum absolute atomic E-state index is 0.124. The number of ether oxygens (including phenoxy) is 3. The first-order valence-electron chi connectivity index (χ1n) is 5.69. The highest BCUT2D eigenvalue weighted by molar-refractivity contribution is 5.13. The molecule has 1 aromatic rings. The summed E-state index contributed by atoms with van der Waals surface area (Å²) in [5, 5.41) is 0. The van der Waals surface area contributed by atoms with Crippen molar-refractivity contribution in [1.82, 2.24) is 0 Å². The van der Waals surface area contributed by atoms with Gasteiger partial charge in [0.05, 0.1) is 32.5 Å². The van der Waals surface area contributed by atoms with Crippen molar-refractivity contribution in [1.29, 1.82) is 0 Å². The van der Waals surface area contributed by atoms with Crippen LogP contribution < -0.4 is 0 Å². The van der Waals surface area contributed by atoms with Gasteiger partial charge in [-0.2, -0.15) is 0 Å². The van der Waals surface area contributed by atoms with Crippen molar-refractivity contribution in [2.45, 2.75) is 25.7 Å². The normalized spacial score (nSPS) is 20.7. The van der Waals surface area contributed by atoms with Crippen LogP contribution in [0, 0.1) is 0 Å². The number of epoxide rings is 1. The first-order valence-corrected chi connectivity index (χ1v) is 5.69. The van der Waals surface area contributed by atoms with Crippen molar-refractivity contribution in [3.63, 3.8) is 0 Å². The van der Waals surface area contributed by atoms with E-state index in [1.54, 1.807) is 0 Å². The summed E-state index contributed by atoms with van der Waals surface area (Å²) < 4.78 is 16.2. The van der Waals surface area contributed by atoms with Gasteiger partial charge >= 0.3 is 0 Å². The zero-order valence-electron chi connectivity index (χ0n) is 9.59. The summed E-state index contributed by atoms with van der Waals surface area (Å²) in [6.07, 6.45) is 0.459. The van der Waals surface area contributed by atoms with Gasteiger partial charge < -0.3 is 14.2 Å². The molecule has 1 aliphatic rings. The molecule has 16 heavy (non-hydrogen) atoms. The monoisotopic (exact) mass is 222 g/mol. The molecule has 0 spiro atoms. The molecule has 0 unspecified atom stereocenters. The van der Waals surface area contributed by atoms with Gasteiger partial charge in [-0.1, -0.05) is 30.3 Å². The van der Waals surface area contributed by atoms with Gasteiger partial charge in [-0.05, 0) is 12.5 Å². The van der Waals surface area contributed by atoms with E-state index in [9.17, 15) is 0 Å². The van der Waals surface area contributed by atoms with E-state index in [-0.39, 0.29) is 6.10 Å². The summed E-state index contributed by atoms with van der Waals surface area (Å²) in [4.78, 5) is 0. The molecule has 0 saturated carbocycles. The van der Waals surface area contributed by atoms with Gasteiger partial charge in [-0.3, -0.25) is 0 Å². The average Bonchev–Trinajstić information content (AvgIpc) is 3.12. The maximum absolute atomic E-state index is 5.66. The van der Waals surface area contributed by atoms with Crippen molar-refractivity contribution < 1.29 is 14.2 Å². The summed E-state index contributed by atoms with van der Waals surface area (Å²) in [7, 11) is 0. The van der Waals surface area contributed by atoms with Crippen LogP contribution in [0.4, 0.5) is 0 Å². The highest BCUT2D eigenvalue weighted by Crippen LogP contribution is 2.09. The maximum atomic E-state index is 5.66. The Morgan fingerprint density at radius 1 is 1.38 bits per heavy atom. The average molecular weight is 222 g/mol. The van der Waals surface area contributed by atoms with Crippen LogP contribution in [0.15, 0.2) is 30.3 Å². The van der Waals surface area contributed by atoms with Crippen molar-refractivity contribution in [3.8, 4) is 0 Å². The Labute approximate surface area is 96.3 Å². The summed E-state index contributed by atoms with van der Waals surface area (Å²) >= 11 is 0. The van der Waals surface area contributed by atoms with E-state index in [0.29, 0.717) is 25.9 Å². The van der Waals surface area contributed by atoms with Crippen molar-refractivity contribution in [2.75, 3.05) is 19.8 Å². The van der Waals surface area contributed by atoms with Gasteiger partial charge in [0, 0.05) is 0 Å². The van der Waals surface area contributed by atoms with Gasteiger partial charge in [-0.25, -0.2) is 0 Å². The molecule has 1 fully saturated rings. The number of benzene rings is 1. The lowest BCUT2D eigenvalue weighted by Gasteiger charge is -2.13. The predicted molar refractivity (Wildman–Crippen MR) is 61.3 cm³/mol. The van der Waals surface area contributed by atoms with E-state index in [0.717, 1.165) is 6.61 Å². The van der Waals surface area contributed by atoms with Crippen LogP contribution in [0.2, 0.25) is 0 Å². The van der Waals surface area contributed by atoms with E-state index in [2.05, 4.69) is 12.1 Å². The van der Waals surface area contributed by atoms with E-state index < -0.39 is 0 Å². The van der Waals surface area contributed by atoms with Crippen LogP contribution in [-0.2, 0) is 20.8 Å². The minimum Gasteiger partial charge on any atom is -0.376 e. The first-order chi connectivity index (χ1) is 7.84. The van der Waals surface area contributed by atoms with Crippen LogP contribution in [0.3, 0.4) is 0 Å². The molecular weight excluding hydrogens is 204 g/mol. The zero-order chi connectivity index (χ0) is 11.2. The second kappa shape index (κ2) is 5.99. The molecule has 1 heterocycles. The predicted octanol–water partition coefficient (Wildman–Crippen LogP) is 2.01. The Balaban J connectivity index is 1.57. The van der Waals surface area contributed by atoms with E-state index in [4.69, 9.17) is 14.2 Å². The molecule has 88 valence electrons. The standard InChI is InChI=1S/C13H18O3/c1-11(7-14-9-13-10-16-13)15-8-12-5-3-2-4-6-12/h2-6,11,13H,7-10H2,1H3/t11-,13-/m1/s1. The highest BCUT2D eigenvalue weighted by atomic mass is 16.6. The minimum atomic E-state index is 0.124. The Morgan fingerprint density at radius 3 is 2.81 bits per heavy atom. The Bertz CT molecular complexity index is 295. The van der Waals surface area contributed by atoms with Crippen molar-refractivity contribution in [3.05, 3.63) is 35.9 Å². The quantitative estimate of drug-likeness (QED) is 0.661. The van der Waals surface area contributed by atoms with Crippen molar-refractivity contribution >= 4 is 0 Å². The molecule has 1 aliphatic heterocycles. The molecule has 0 aromatic heterocycles. The van der Waals surface area contributed by atoms with Gasteiger partial charge in [0.25, 0.3) is 0 Å². The molecule has 1 saturated heterocycles. The third kappa shape index (κ3) is 4.31. The molecule has 3 heteroatoms. The number of hydrogen-bond donors (Lipinski definition) is 0. The van der Waals surface area contributed by atoms with Crippen LogP contribution in [-0.4, -0.2) is 32.0 Å². The van der Waals surface area contributed by atoms with Gasteiger partial charge in [0.1, 0.15) is 6.10 Å². The molecule has 0 amide bonds. The summed E-state index contributed by atoms with van der Waals surface area (Å²) in [6, 6.07) is 10.2. The van der Waals surface area contributed by atoms with Gasteiger partial charge in [-0.15, -0.1) is 0 Å². The van der Waals surface area contributed by atoms with E-state index in [1.165, 1.54) is 5.56 Å². The van der Waals surface area contributed by atoms with Gasteiger partial charge in [0.2, 0.25) is 0 Å². The fraction of sp³-hybridized carbons (Fsp3) is 0.538. The molecule has 0 radical (unpaired) electrons. The summed E-state index contributed by atoms with van der Waals surface area (Å²) in [5.74, 6) is 0. The summed E-state index contributed by atoms with van der Waals surface area (Å²) in [6.45, 7) is 4.84. The highest BCUT2D eigenvalue weighted by Gasteiger charge is 2.22. The molecule has 0 N–H and O–H groups in total. The fourth-order valence-electron chi connectivity index (χ4n) is 1.39. The first kappa shape index (κ1) is 11.6. The molecule has 0 bridgehead atoms. The molecule has 2 atom stereocenters. The van der Waals surface area contributed by atoms with Crippen LogP contribution in [0.1, 0.15) is 12.5 Å². The molecular formula is C13H18O3. The van der Waals surface area contributed by atoms with Gasteiger partial charge in [0.15, 0.2) is 0 Å². The smallest absolute Gasteiger partial charge is 0.104 e. The van der Waals surface area contributed by atoms with Crippen molar-refractivity contribution in [2.24, 2.45) is 0 Å². The molecule has 0 aliphatic carbocycles. The maximum Gasteiger partial charge on any atom is 0.104 e. The second-order valence-corrected chi connectivity index (χ2v) is 4.10. The molecule has 3 nitrogen and oxygen atoms in total. The van der Waals surface area contributed by atoms with Crippen LogP contribution in [0.5, 0.6) is 0 Å². The Hall–Kier alpha value is -0.900. The third-order valence-corrected chi connectivity index (χ3v) is 2.44. The molecule has 1 aromatic carbocycles. The number of rotatable bonds is 7. The Morgan fingerprint density at radius 2 is 2.12 bits per heavy atom. The Kier molecular flexibility index (Phi) is 4.34. The van der Waals surface area contributed by atoms with E-state index in [1.807, 2.05) is 25.1 Å². The summed E-state index contributed by atoms with van der Waals surface area (Å²) in [5.41, 5.74) is 1.19. The van der Waals surface area contributed by atoms with E-state index >= 15 is 0 Å². The van der Waals surface area contributed by atoms with Crippen LogP contribution >= 0.6 is 0 Å². The third-order valence-electron chi connectivity index (χ3n) is 2.44.